The Hall–Kier alpha value is -2.96. The van der Waals surface area contributed by atoms with Gasteiger partial charge in [-0.1, -0.05) is 0 Å². The van der Waals surface area contributed by atoms with Crippen LogP contribution in [0.2, 0.25) is 0 Å². The lowest BCUT2D eigenvalue weighted by Crippen LogP contribution is -2.06. The Labute approximate surface area is 134 Å². The second-order valence-electron chi connectivity index (χ2n) is 5.06. The summed E-state index contributed by atoms with van der Waals surface area (Å²) in [4.78, 5) is 0. The van der Waals surface area contributed by atoms with Gasteiger partial charge in [0.15, 0.2) is 0 Å². The van der Waals surface area contributed by atoms with Crippen LogP contribution in [0, 0.1) is 13.8 Å². The maximum atomic E-state index is 5.42. The number of hydrogen-bond acceptors (Lipinski definition) is 5. The van der Waals surface area contributed by atoms with Crippen molar-refractivity contribution in [2.45, 2.75) is 20.8 Å². The molecule has 0 N–H and O–H groups in total. The van der Waals surface area contributed by atoms with Gasteiger partial charge in [-0.05, 0) is 56.7 Å². The number of aromatic nitrogens is 5. The fourth-order valence-electron chi connectivity index (χ4n) is 2.22. The lowest BCUT2D eigenvalue weighted by molar-refractivity contribution is 0.340. The average Bonchev–Trinajstić information content (AvgIpc) is 3.12. The summed E-state index contributed by atoms with van der Waals surface area (Å²) in [7, 11) is 0. The first-order valence-corrected chi connectivity index (χ1v) is 7.38. The predicted octanol–water partition coefficient (Wildman–Crippen LogP) is 2.36. The van der Waals surface area contributed by atoms with Gasteiger partial charge in [-0.25, -0.2) is 4.68 Å². The molecular weight excluding hydrogens is 292 g/mol. The summed E-state index contributed by atoms with van der Waals surface area (Å²) in [5.41, 5.74) is 2.86. The van der Waals surface area contributed by atoms with Crippen LogP contribution in [0.25, 0.3) is 5.95 Å². The molecule has 0 aliphatic rings. The first kappa shape index (κ1) is 15.0. The van der Waals surface area contributed by atoms with Gasteiger partial charge in [-0.3, -0.25) is 0 Å². The van der Waals surface area contributed by atoms with E-state index in [1.165, 1.54) is 0 Å². The maximum absolute atomic E-state index is 5.42. The molecule has 23 heavy (non-hydrogen) atoms. The number of hydrogen-bond donors (Lipinski definition) is 0. The molecule has 0 radical (unpaired) electrons. The third-order valence-corrected chi connectivity index (χ3v) is 3.23. The molecule has 0 unspecified atom stereocenters. The Morgan fingerprint density at radius 2 is 2.00 bits per heavy atom. The average molecular weight is 310 g/mol. The van der Waals surface area contributed by atoms with Gasteiger partial charge >= 0.3 is 0 Å². The van der Waals surface area contributed by atoms with Crippen LogP contribution < -0.4 is 4.74 Å². The van der Waals surface area contributed by atoms with E-state index in [2.05, 4.69) is 20.4 Å². The van der Waals surface area contributed by atoms with Crippen molar-refractivity contribution in [3.63, 3.8) is 0 Å². The minimum Gasteiger partial charge on any atom is -0.494 e. The quantitative estimate of drug-likeness (QED) is 0.678. The molecule has 2 heterocycles. The standard InChI is InChI=1S/C16H18N6O/c1-4-23-15-7-5-14(6-8-15)10-18-21-11-17-19-16(21)22-13(3)9-12(2)20-22/h5-11H,4H2,1-3H3/b18-10-. The highest BCUT2D eigenvalue weighted by Gasteiger charge is 2.10. The number of aryl methyl sites for hydroxylation is 2. The van der Waals surface area contributed by atoms with Crippen LogP contribution in [-0.4, -0.2) is 37.5 Å². The molecule has 0 bridgehead atoms. The van der Waals surface area contributed by atoms with E-state index in [9.17, 15) is 0 Å². The number of nitrogens with zero attached hydrogens (tertiary/aromatic N) is 6. The van der Waals surface area contributed by atoms with Crippen molar-refractivity contribution in [1.82, 2.24) is 24.7 Å². The van der Waals surface area contributed by atoms with Gasteiger partial charge in [0, 0.05) is 5.69 Å². The monoisotopic (exact) mass is 310 g/mol. The van der Waals surface area contributed by atoms with E-state index in [-0.39, 0.29) is 0 Å². The van der Waals surface area contributed by atoms with Crippen LogP contribution in [0.1, 0.15) is 23.9 Å². The van der Waals surface area contributed by atoms with Gasteiger partial charge < -0.3 is 4.74 Å². The van der Waals surface area contributed by atoms with Crippen LogP contribution in [0.3, 0.4) is 0 Å². The first-order chi connectivity index (χ1) is 11.2. The molecule has 0 atom stereocenters. The van der Waals surface area contributed by atoms with Gasteiger partial charge in [-0.2, -0.15) is 14.9 Å². The summed E-state index contributed by atoms with van der Waals surface area (Å²) in [6.45, 7) is 6.52. The van der Waals surface area contributed by atoms with E-state index in [0.29, 0.717) is 12.6 Å². The summed E-state index contributed by atoms with van der Waals surface area (Å²) in [6.07, 6.45) is 3.30. The van der Waals surface area contributed by atoms with E-state index < -0.39 is 0 Å². The summed E-state index contributed by atoms with van der Waals surface area (Å²) in [5.74, 6) is 1.40. The lowest BCUT2D eigenvalue weighted by Gasteiger charge is -2.03. The van der Waals surface area contributed by atoms with Gasteiger partial charge in [0.2, 0.25) is 0 Å². The van der Waals surface area contributed by atoms with Crippen molar-refractivity contribution in [3.05, 3.63) is 53.6 Å². The summed E-state index contributed by atoms with van der Waals surface area (Å²) in [5, 5.41) is 16.8. The van der Waals surface area contributed by atoms with Crippen LogP contribution in [0.5, 0.6) is 5.75 Å². The van der Waals surface area contributed by atoms with E-state index in [0.717, 1.165) is 22.7 Å². The van der Waals surface area contributed by atoms with Crippen LogP contribution in [0.15, 0.2) is 41.8 Å². The fraction of sp³-hybridized carbons (Fsp3) is 0.250. The van der Waals surface area contributed by atoms with Crippen molar-refractivity contribution >= 4 is 6.21 Å². The fourth-order valence-corrected chi connectivity index (χ4v) is 2.22. The largest absolute Gasteiger partial charge is 0.494 e. The Morgan fingerprint density at radius 1 is 1.22 bits per heavy atom. The van der Waals surface area contributed by atoms with Gasteiger partial charge in [0.1, 0.15) is 12.1 Å². The molecule has 3 aromatic rings. The number of ether oxygens (including phenoxy) is 1. The zero-order valence-corrected chi connectivity index (χ0v) is 13.3. The molecule has 7 heteroatoms. The van der Waals surface area contributed by atoms with Crippen molar-refractivity contribution < 1.29 is 4.74 Å². The summed E-state index contributed by atoms with van der Waals surface area (Å²) >= 11 is 0. The first-order valence-electron chi connectivity index (χ1n) is 7.38. The van der Waals surface area contributed by atoms with Crippen LogP contribution >= 0.6 is 0 Å². The molecule has 118 valence electrons. The zero-order valence-electron chi connectivity index (χ0n) is 13.3. The highest BCUT2D eigenvalue weighted by atomic mass is 16.5. The molecule has 0 aliphatic heterocycles. The highest BCUT2D eigenvalue weighted by molar-refractivity contribution is 5.79. The molecule has 1 aromatic carbocycles. The minimum absolute atomic E-state index is 0.554. The minimum atomic E-state index is 0.554. The van der Waals surface area contributed by atoms with E-state index in [1.54, 1.807) is 21.9 Å². The van der Waals surface area contributed by atoms with Gasteiger partial charge in [-0.15, -0.1) is 10.2 Å². The third kappa shape index (κ3) is 3.28. The van der Waals surface area contributed by atoms with Crippen LogP contribution in [-0.2, 0) is 0 Å². The van der Waals surface area contributed by atoms with Gasteiger partial charge in [0.25, 0.3) is 5.95 Å². The molecule has 0 saturated carbocycles. The third-order valence-electron chi connectivity index (χ3n) is 3.23. The predicted molar refractivity (Wildman–Crippen MR) is 87.2 cm³/mol. The Kier molecular flexibility index (Phi) is 4.18. The van der Waals surface area contributed by atoms with E-state index in [4.69, 9.17) is 4.74 Å². The summed E-state index contributed by atoms with van der Waals surface area (Å²) < 4.78 is 8.74. The Balaban J connectivity index is 1.83. The van der Waals surface area contributed by atoms with E-state index in [1.807, 2.05) is 51.1 Å². The molecule has 3 rings (SSSR count). The smallest absolute Gasteiger partial charge is 0.273 e. The van der Waals surface area contributed by atoms with Gasteiger partial charge in [0.05, 0.1) is 18.5 Å². The highest BCUT2D eigenvalue weighted by Crippen LogP contribution is 2.12. The van der Waals surface area contributed by atoms with Crippen molar-refractivity contribution in [2.24, 2.45) is 5.10 Å². The van der Waals surface area contributed by atoms with Crippen LogP contribution in [0.4, 0.5) is 0 Å². The van der Waals surface area contributed by atoms with Crippen molar-refractivity contribution in [3.8, 4) is 11.7 Å². The molecule has 0 spiro atoms. The SMILES string of the molecule is CCOc1ccc(/C=N\n2cnnc2-n2nc(C)cc2C)cc1. The topological polar surface area (TPSA) is 70.1 Å². The van der Waals surface area contributed by atoms with E-state index >= 15 is 0 Å². The molecule has 2 aromatic heterocycles. The second kappa shape index (κ2) is 6.43. The molecule has 7 nitrogen and oxygen atoms in total. The molecule has 0 amide bonds. The van der Waals surface area contributed by atoms with Crippen molar-refractivity contribution in [1.29, 1.82) is 0 Å². The Bertz CT molecular complexity index is 815. The summed E-state index contributed by atoms with van der Waals surface area (Å²) in [6, 6.07) is 9.71. The second-order valence-corrected chi connectivity index (χ2v) is 5.06. The molecule has 0 fully saturated rings. The number of benzene rings is 1. The molecular formula is C16H18N6O. The molecule has 0 saturated heterocycles. The lowest BCUT2D eigenvalue weighted by atomic mass is 10.2. The number of rotatable bonds is 5. The molecule has 0 aliphatic carbocycles. The maximum Gasteiger partial charge on any atom is 0.273 e. The normalized spacial score (nSPS) is 11.3. The van der Waals surface area contributed by atoms with Crippen molar-refractivity contribution in [2.75, 3.05) is 6.61 Å². The zero-order chi connectivity index (χ0) is 16.2. The Morgan fingerprint density at radius 3 is 2.65 bits per heavy atom.